The minimum atomic E-state index is 0.743. The van der Waals surface area contributed by atoms with Crippen molar-refractivity contribution in [3.63, 3.8) is 0 Å². The highest BCUT2D eigenvalue weighted by molar-refractivity contribution is 5.24. The van der Waals surface area contributed by atoms with E-state index in [1.165, 1.54) is 13.0 Å². The molecule has 1 aliphatic carbocycles. The van der Waals surface area contributed by atoms with E-state index in [0.717, 1.165) is 23.9 Å². The van der Waals surface area contributed by atoms with Crippen LogP contribution in [0.15, 0.2) is 11.6 Å². The predicted molar refractivity (Wildman–Crippen MR) is 45.3 cm³/mol. The highest BCUT2D eigenvalue weighted by Crippen LogP contribution is 2.52. The van der Waals surface area contributed by atoms with Crippen LogP contribution in [0.1, 0.15) is 20.3 Å². The van der Waals surface area contributed by atoms with E-state index in [2.05, 4.69) is 24.8 Å². The van der Waals surface area contributed by atoms with Crippen molar-refractivity contribution in [3.05, 3.63) is 11.6 Å². The van der Waals surface area contributed by atoms with Crippen molar-refractivity contribution in [1.29, 1.82) is 0 Å². The van der Waals surface area contributed by atoms with Crippen molar-refractivity contribution < 1.29 is 0 Å². The fourth-order valence-electron chi connectivity index (χ4n) is 2.60. The van der Waals surface area contributed by atoms with Crippen molar-refractivity contribution in [1.82, 2.24) is 4.90 Å². The summed E-state index contributed by atoms with van der Waals surface area (Å²) >= 11 is 0. The molecule has 2 fully saturated rings. The molecular formula is C10H15N. The van der Waals surface area contributed by atoms with Crippen LogP contribution < -0.4 is 0 Å². The van der Waals surface area contributed by atoms with E-state index in [4.69, 9.17) is 0 Å². The third-order valence-electron chi connectivity index (χ3n) is 3.71. The molecule has 3 unspecified atom stereocenters. The van der Waals surface area contributed by atoms with Crippen LogP contribution in [0.2, 0.25) is 0 Å². The number of rotatable bonds is 0. The third kappa shape index (κ3) is 0.750. The van der Waals surface area contributed by atoms with E-state index in [-0.39, 0.29) is 0 Å². The SMILES string of the molecule is CC1=C[C@@H]2CC2[C@H]2CN2C1C. The van der Waals surface area contributed by atoms with E-state index < -0.39 is 0 Å². The lowest BCUT2D eigenvalue weighted by Gasteiger charge is -2.12. The smallest absolute Gasteiger partial charge is 0.0280 e. The van der Waals surface area contributed by atoms with Gasteiger partial charge in [-0.15, -0.1) is 0 Å². The van der Waals surface area contributed by atoms with E-state index in [1.54, 1.807) is 5.57 Å². The summed E-state index contributed by atoms with van der Waals surface area (Å²) in [6.45, 7) is 6.02. The number of allylic oxidation sites excluding steroid dienone is 1. The normalized spacial score (nSPS) is 58.7. The molecule has 11 heavy (non-hydrogen) atoms. The van der Waals surface area contributed by atoms with Crippen molar-refractivity contribution in [3.8, 4) is 0 Å². The fraction of sp³-hybridized carbons (Fsp3) is 0.800. The zero-order valence-corrected chi connectivity index (χ0v) is 7.25. The Morgan fingerprint density at radius 1 is 1.55 bits per heavy atom. The van der Waals surface area contributed by atoms with E-state index in [9.17, 15) is 0 Å². The maximum atomic E-state index is 2.64. The molecule has 0 spiro atoms. The molecule has 0 amide bonds. The van der Waals surface area contributed by atoms with Crippen LogP contribution in [0, 0.1) is 11.8 Å². The van der Waals surface area contributed by atoms with Crippen molar-refractivity contribution in [2.24, 2.45) is 11.8 Å². The Balaban J connectivity index is 1.94. The van der Waals surface area contributed by atoms with Gasteiger partial charge in [-0.05, 0) is 32.1 Å². The van der Waals surface area contributed by atoms with Gasteiger partial charge in [0.15, 0.2) is 0 Å². The Bertz CT molecular complexity index is 231. The summed E-state index contributed by atoms with van der Waals surface area (Å²) in [7, 11) is 0. The molecule has 1 saturated heterocycles. The van der Waals surface area contributed by atoms with Crippen molar-refractivity contribution >= 4 is 0 Å². The maximum absolute atomic E-state index is 2.64. The van der Waals surface area contributed by atoms with E-state index in [1.807, 2.05) is 0 Å². The third-order valence-corrected chi connectivity index (χ3v) is 3.71. The molecule has 1 saturated carbocycles. The first-order chi connectivity index (χ1) is 5.27. The number of hydrogen-bond donors (Lipinski definition) is 0. The Labute approximate surface area is 68.1 Å². The van der Waals surface area contributed by atoms with Gasteiger partial charge in [-0.25, -0.2) is 0 Å². The molecule has 3 aliphatic rings. The molecule has 1 heteroatoms. The topological polar surface area (TPSA) is 3.01 Å². The molecule has 2 aliphatic heterocycles. The van der Waals surface area contributed by atoms with Gasteiger partial charge in [0.1, 0.15) is 0 Å². The fourth-order valence-corrected chi connectivity index (χ4v) is 2.60. The molecule has 5 atom stereocenters. The van der Waals surface area contributed by atoms with Gasteiger partial charge in [-0.3, -0.25) is 4.90 Å². The van der Waals surface area contributed by atoms with E-state index in [0.29, 0.717) is 0 Å². The standard InChI is InChI=1S/C10H15N/c1-6-3-8-4-9(8)10-5-11(10)7(6)2/h3,7-10H,4-5H2,1-2H3/t7?,8-,9?,10-,11?/m1/s1. The summed E-state index contributed by atoms with van der Waals surface area (Å²) in [6, 6.07) is 1.72. The average Bonchev–Trinajstić information content (AvgIpc) is 2.74. The van der Waals surface area contributed by atoms with Gasteiger partial charge in [0.2, 0.25) is 0 Å². The van der Waals surface area contributed by atoms with Crippen molar-refractivity contribution in [2.45, 2.75) is 32.4 Å². The largest absolute Gasteiger partial charge is 0.291 e. The Morgan fingerprint density at radius 3 is 3.18 bits per heavy atom. The molecule has 0 aromatic heterocycles. The molecule has 0 aromatic rings. The molecule has 60 valence electrons. The summed E-state index contributed by atoms with van der Waals surface area (Å²) in [5, 5.41) is 0. The zero-order valence-electron chi connectivity index (χ0n) is 7.25. The number of fused-ring (bicyclic) bond motifs is 3. The number of nitrogens with zero attached hydrogens (tertiary/aromatic N) is 1. The molecule has 0 N–H and O–H groups in total. The molecule has 2 heterocycles. The summed E-state index contributed by atoms with van der Waals surface area (Å²) in [5.41, 5.74) is 1.61. The van der Waals surface area contributed by atoms with Crippen LogP contribution >= 0.6 is 0 Å². The summed E-state index contributed by atoms with van der Waals surface area (Å²) < 4.78 is 0. The average molecular weight is 149 g/mol. The first kappa shape index (κ1) is 6.24. The van der Waals surface area contributed by atoms with Crippen LogP contribution in [-0.4, -0.2) is 23.5 Å². The van der Waals surface area contributed by atoms with Gasteiger partial charge in [0, 0.05) is 18.6 Å². The molecule has 1 nitrogen and oxygen atoms in total. The van der Waals surface area contributed by atoms with Gasteiger partial charge >= 0.3 is 0 Å². The van der Waals surface area contributed by atoms with Gasteiger partial charge in [0.25, 0.3) is 0 Å². The Kier molecular flexibility index (Phi) is 0.972. The molecule has 0 aromatic carbocycles. The van der Waals surface area contributed by atoms with E-state index >= 15 is 0 Å². The van der Waals surface area contributed by atoms with Crippen LogP contribution in [0.5, 0.6) is 0 Å². The van der Waals surface area contributed by atoms with Crippen LogP contribution in [0.3, 0.4) is 0 Å². The quantitative estimate of drug-likeness (QED) is 0.374. The molecule has 0 bridgehead atoms. The summed E-state index contributed by atoms with van der Waals surface area (Å²) in [4.78, 5) is 2.64. The molecule has 0 radical (unpaired) electrons. The maximum Gasteiger partial charge on any atom is 0.0280 e. The zero-order chi connectivity index (χ0) is 7.59. The first-order valence-corrected chi connectivity index (χ1v) is 4.71. The van der Waals surface area contributed by atoms with Gasteiger partial charge < -0.3 is 0 Å². The van der Waals surface area contributed by atoms with Crippen LogP contribution in [0.4, 0.5) is 0 Å². The Morgan fingerprint density at radius 2 is 2.36 bits per heavy atom. The second-order valence-electron chi connectivity index (χ2n) is 4.41. The first-order valence-electron chi connectivity index (χ1n) is 4.71. The highest BCUT2D eigenvalue weighted by Gasteiger charge is 2.54. The second kappa shape index (κ2) is 1.71. The lowest BCUT2D eigenvalue weighted by atomic mass is 10.1. The summed E-state index contributed by atoms with van der Waals surface area (Å²) in [6.07, 6.45) is 3.99. The van der Waals surface area contributed by atoms with Crippen molar-refractivity contribution in [2.75, 3.05) is 6.54 Å². The number of hydrogen-bond acceptors (Lipinski definition) is 1. The molecule has 3 rings (SSSR count). The lowest BCUT2D eigenvalue weighted by molar-refractivity contribution is 0.427. The van der Waals surface area contributed by atoms with Gasteiger partial charge in [-0.1, -0.05) is 11.6 Å². The second-order valence-corrected chi connectivity index (χ2v) is 4.41. The van der Waals surface area contributed by atoms with Gasteiger partial charge in [-0.2, -0.15) is 0 Å². The van der Waals surface area contributed by atoms with Gasteiger partial charge in [0.05, 0.1) is 0 Å². The van der Waals surface area contributed by atoms with Crippen LogP contribution in [-0.2, 0) is 0 Å². The van der Waals surface area contributed by atoms with Crippen LogP contribution in [0.25, 0.3) is 0 Å². The molecular weight excluding hydrogens is 134 g/mol. The monoisotopic (exact) mass is 149 g/mol. The predicted octanol–water partition coefficient (Wildman–Crippen LogP) is 1.66. The lowest BCUT2D eigenvalue weighted by Crippen LogP contribution is -2.17. The summed E-state index contributed by atoms with van der Waals surface area (Å²) in [5.74, 6) is 2.02. The minimum Gasteiger partial charge on any atom is -0.291 e. The minimum absolute atomic E-state index is 0.743. The highest BCUT2D eigenvalue weighted by atomic mass is 15.3. The Hall–Kier alpha value is -0.300.